The standard InChI is InChI=1S/C33H34N4O3/c1-34-26-7-9-28(10-8-26)37-19-15-29(16-20-37)39-30-11-12-31-25(21-30)22-32(40-31)33(38)35-27-13-17-36(18-14-27)23-24-5-3-2-4-6-24/h2-12,21-22,27,29H,13-20,23H2,(H,35,38). The van der Waals surface area contributed by atoms with Gasteiger partial charge in [0.05, 0.1) is 6.57 Å². The van der Waals surface area contributed by atoms with Crippen molar-refractivity contribution in [1.82, 2.24) is 10.2 Å². The summed E-state index contributed by atoms with van der Waals surface area (Å²) >= 11 is 0. The first kappa shape index (κ1) is 26.0. The van der Waals surface area contributed by atoms with Crippen molar-refractivity contribution in [3.63, 3.8) is 0 Å². The number of nitrogens with one attached hydrogen (secondary N) is 1. The smallest absolute Gasteiger partial charge is 0.287 e. The van der Waals surface area contributed by atoms with Crippen LogP contribution < -0.4 is 15.0 Å². The van der Waals surface area contributed by atoms with Gasteiger partial charge in [0.2, 0.25) is 0 Å². The fraction of sp³-hybridized carbons (Fsp3) is 0.333. The lowest BCUT2D eigenvalue weighted by Crippen LogP contribution is -2.44. The van der Waals surface area contributed by atoms with Gasteiger partial charge < -0.3 is 19.4 Å². The largest absolute Gasteiger partial charge is 0.490 e. The Morgan fingerprint density at radius 2 is 1.68 bits per heavy atom. The van der Waals surface area contributed by atoms with E-state index in [0.29, 0.717) is 17.0 Å². The van der Waals surface area contributed by atoms with Crippen molar-refractivity contribution in [2.45, 2.75) is 44.4 Å². The number of nitrogens with zero attached hydrogens (tertiary/aromatic N) is 3. The highest BCUT2D eigenvalue weighted by atomic mass is 16.5. The third-order valence-corrected chi connectivity index (χ3v) is 7.97. The summed E-state index contributed by atoms with van der Waals surface area (Å²) < 4.78 is 12.2. The Hall–Kier alpha value is -4.28. The number of likely N-dealkylation sites (tertiary alicyclic amines) is 1. The highest BCUT2D eigenvalue weighted by Gasteiger charge is 2.24. The van der Waals surface area contributed by atoms with Crippen LogP contribution in [0.2, 0.25) is 0 Å². The number of hydrogen-bond acceptors (Lipinski definition) is 5. The lowest BCUT2D eigenvalue weighted by atomic mass is 10.0. The van der Waals surface area contributed by atoms with Gasteiger partial charge in [-0.3, -0.25) is 9.69 Å². The van der Waals surface area contributed by atoms with E-state index in [1.165, 1.54) is 5.56 Å². The van der Waals surface area contributed by atoms with E-state index in [1.54, 1.807) is 0 Å². The number of benzene rings is 3. The second-order valence-electron chi connectivity index (χ2n) is 10.8. The van der Waals surface area contributed by atoms with Gasteiger partial charge in [0.15, 0.2) is 11.4 Å². The molecule has 0 bridgehead atoms. The molecule has 0 spiro atoms. The van der Waals surface area contributed by atoms with Crippen molar-refractivity contribution >= 4 is 28.3 Å². The van der Waals surface area contributed by atoms with E-state index in [2.05, 4.69) is 44.2 Å². The molecule has 2 aliphatic rings. The Morgan fingerprint density at radius 1 is 0.925 bits per heavy atom. The number of hydrogen-bond donors (Lipinski definition) is 1. The molecule has 0 radical (unpaired) electrons. The summed E-state index contributed by atoms with van der Waals surface area (Å²) in [5.41, 5.74) is 3.82. The molecule has 2 fully saturated rings. The van der Waals surface area contributed by atoms with E-state index in [1.807, 2.05) is 54.6 Å². The maximum absolute atomic E-state index is 13.0. The van der Waals surface area contributed by atoms with Crippen molar-refractivity contribution in [2.75, 3.05) is 31.1 Å². The van der Waals surface area contributed by atoms with Crippen LogP contribution in [-0.4, -0.2) is 49.1 Å². The molecule has 0 unspecified atom stereocenters. The predicted octanol–water partition coefficient (Wildman–Crippen LogP) is 6.43. The fourth-order valence-corrected chi connectivity index (χ4v) is 5.70. The van der Waals surface area contributed by atoms with Crippen LogP contribution in [0.1, 0.15) is 41.8 Å². The van der Waals surface area contributed by atoms with Crippen molar-refractivity contribution in [1.29, 1.82) is 0 Å². The van der Waals surface area contributed by atoms with Crippen LogP contribution in [0.5, 0.6) is 5.75 Å². The zero-order chi connectivity index (χ0) is 27.3. The van der Waals surface area contributed by atoms with Gasteiger partial charge in [-0.2, -0.15) is 0 Å². The van der Waals surface area contributed by atoms with E-state index in [9.17, 15) is 4.79 Å². The summed E-state index contributed by atoms with van der Waals surface area (Å²) in [6.45, 7) is 11.8. The van der Waals surface area contributed by atoms with E-state index in [4.69, 9.17) is 15.7 Å². The summed E-state index contributed by atoms with van der Waals surface area (Å²) in [6.07, 6.45) is 3.85. The third-order valence-electron chi connectivity index (χ3n) is 7.97. The molecule has 0 aliphatic carbocycles. The van der Waals surface area contributed by atoms with Crippen LogP contribution in [0.4, 0.5) is 11.4 Å². The topological polar surface area (TPSA) is 62.3 Å². The maximum atomic E-state index is 13.0. The molecule has 204 valence electrons. The quantitative estimate of drug-likeness (QED) is 0.277. The molecular formula is C33H34N4O3. The molecule has 6 rings (SSSR count). The van der Waals surface area contributed by atoms with Crippen LogP contribution in [0.3, 0.4) is 0 Å². The number of rotatable bonds is 7. The van der Waals surface area contributed by atoms with Crippen molar-refractivity contribution in [3.8, 4) is 5.75 Å². The molecular weight excluding hydrogens is 500 g/mol. The second-order valence-corrected chi connectivity index (χ2v) is 10.8. The van der Waals surface area contributed by atoms with Gasteiger partial charge in [-0.1, -0.05) is 42.5 Å². The number of carbonyl (C=O) groups is 1. The Labute approximate surface area is 235 Å². The van der Waals surface area contributed by atoms with E-state index >= 15 is 0 Å². The Bertz CT molecular complexity index is 1480. The van der Waals surface area contributed by atoms with E-state index in [-0.39, 0.29) is 18.1 Å². The van der Waals surface area contributed by atoms with Crippen molar-refractivity contribution in [3.05, 3.63) is 102 Å². The Kier molecular flexibility index (Phi) is 7.69. The average Bonchev–Trinajstić information content (AvgIpc) is 3.43. The zero-order valence-corrected chi connectivity index (χ0v) is 22.6. The zero-order valence-electron chi connectivity index (χ0n) is 22.6. The molecule has 0 atom stereocenters. The minimum absolute atomic E-state index is 0.138. The normalized spacial score (nSPS) is 17.0. The first-order valence-corrected chi connectivity index (χ1v) is 14.1. The lowest BCUT2D eigenvalue weighted by Gasteiger charge is -2.33. The van der Waals surface area contributed by atoms with Crippen LogP contribution >= 0.6 is 0 Å². The number of piperidine rings is 2. The molecule has 40 heavy (non-hydrogen) atoms. The molecule has 7 heteroatoms. The number of carbonyl (C=O) groups excluding carboxylic acids is 1. The minimum atomic E-state index is -0.156. The molecule has 3 heterocycles. The minimum Gasteiger partial charge on any atom is -0.490 e. The van der Waals surface area contributed by atoms with Gasteiger partial charge in [-0.05, 0) is 54.8 Å². The number of anilines is 1. The summed E-state index contributed by atoms with van der Waals surface area (Å²) in [7, 11) is 0. The van der Waals surface area contributed by atoms with Gasteiger partial charge in [0, 0.05) is 62.7 Å². The molecule has 4 aromatic rings. The average molecular weight is 535 g/mol. The monoisotopic (exact) mass is 534 g/mol. The molecule has 3 aromatic carbocycles. The highest BCUT2D eigenvalue weighted by molar-refractivity contribution is 5.96. The number of furan rings is 1. The van der Waals surface area contributed by atoms with Crippen LogP contribution in [-0.2, 0) is 6.54 Å². The summed E-state index contributed by atoms with van der Waals surface area (Å²) in [4.78, 5) is 21.2. The predicted molar refractivity (Wildman–Crippen MR) is 157 cm³/mol. The molecule has 2 saturated heterocycles. The molecule has 2 aliphatic heterocycles. The number of amides is 1. The molecule has 0 saturated carbocycles. The molecule has 1 aromatic heterocycles. The third kappa shape index (κ3) is 6.13. The van der Waals surface area contributed by atoms with Gasteiger partial charge in [0.25, 0.3) is 5.91 Å². The highest BCUT2D eigenvalue weighted by Crippen LogP contribution is 2.28. The van der Waals surface area contributed by atoms with Gasteiger partial charge in [-0.15, -0.1) is 0 Å². The van der Waals surface area contributed by atoms with Crippen LogP contribution in [0.15, 0.2) is 83.3 Å². The molecule has 1 amide bonds. The van der Waals surface area contributed by atoms with Gasteiger partial charge in [-0.25, -0.2) is 4.85 Å². The van der Waals surface area contributed by atoms with Crippen molar-refractivity contribution in [2.24, 2.45) is 0 Å². The summed E-state index contributed by atoms with van der Waals surface area (Å²) in [5.74, 6) is 0.985. The lowest BCUT2D eigenvalue weighted by molar-refractivity contribution is 0.0883. The maximum Gasteiger partial charge on any atom is 0.287 e. The van der Waals surface area contributed by atoms with Crippen molar-refractivity contribution < 1.29 is 13.9 Å². The summed E-state index contributed by atoms with van der Waals surface area (Å²) in [6, 6.07) is 26.0. The van der Waals surface area contributed by atoms with Crippen LogP contribution in [0, 0.1) is 6.57 Å². The number of fused-ring (bicyclic) bond motifs is 1. The first-order chi connectivity index (χ1) is 19.6. The summed E-state index contributed by atoms with van der Waals surface area (Å²) in [5, 5.41) is 4.05. The first-order valence-electron chi connectivity index (χ1n) is 14.1. The molecule has 7 nitrogen and oxygen atoms in total. The van der Waals surface area contributed by atoms with E-state index in [0.717, 1.165) is 75.2 Å². The Morgan fingerprint density at radius 3 is 2.40 bits per heavy atom. The van der Waals surface area contributed by atoms with Gasteiger partial charge >= 0.3 is 0 Å². The Balaban J connectivity index is 0.996. The van der Waals surface area contributed by atoms with E-state index < -0.39 is 0 Å². The van der Waals surface area contributed by atoms with Crippen LogP contribution in [0.25, 0.3) is 15.8 Å². The SMILES string of the molecule is [C-]#[N+]c1ccc(N2CCC(Oc3ccc4oc(C(=O)NC5CCN(Cc6ccccc6)CC5)cc4c3)CC2)cc1. The fourth-order valence-electron chi connectivity index (χ4n) is 5.70. The molecule has 1 N–H and O–H groups in total. The van der Waals surface area contributed by atoms with Gasteiger partial charge in [0.1, 0.15) is 17.4 Å². The second kappa shape index (κ2) is 11.8. The number of ether oxygens (including phenoxy) is 1.